The van der Waals surface area contributed by atoms with Gasteiger partial charge in [0.1, 0.15) is 6.04 Å². The zero-order valence-corrected chi connectivity index (χ0v) is 26.7. The van der Waals surface area contributed by atoms with Crippen LogP contribution in [-0.4, -0.2) is 68.8 Å². The van der Waals surface area contributed by atoms with Crippen molar-refractivity contribution in [3.63, 3.8) is 0 Å². The predicted octanol–water partition coefficient (Wildman–Crippen LogP) is 3.74. The second kappa shape index (κ2) is 14.9. The number of carbonyl (C=O) groups is 2. The van der Waals surface area contributed by atoms with Crippen LogP contribution in [0.25, 0.3) is 0 Å². The summed E-state index contributed by atoms with van der Waals surface area (Å²) in [5.74, 6) is 1.26. The van der Waals surface area contributed by atoms with Crippen LogP contribution in [0.2, 0.25) is 0 Å². The SMILES string of the molecule is CCCCCCCNC(=O)N[C@@H](CCCNC(N)=NC)C(=O)N[C@@H](CC(C)C)B1O[C@@H]2C[C@@H]3C[C@@H](C3(C)C)[C@]2(C)O1. The molecule has 0 unspecified atom stereocenters. The van der Waals surface area contributed by atoms with Crippen molar-refractivity contribution in [2.45, 2.75) is 129 Å². The van der Waals surface area contributed by atoms with Crippen molar-refractivity contribution in [1.82, 2.24) is 21.3 Å². The van der Waals surface area contributed by atoms with Crippen LogP contribution in [0.15, 0.2) is 4.99 Å². The summed E-state index contributed by atoms with van der Waals surface area (Å²) in [7, 11) is 1.11. The number of nitrogens with zero attached hydrogens (tertiary/aromatic N) is 1. The molecule has 4 aliphatic rings. The minimum absolute atomic E-state index is 0.0460. The third kappa shape index (κ3) is 8.52. The van der Waals surface area contributed by atoms with Gasteiger partial charge in [0.05, 0.1) is 17.6 Å². The van der Waals surface area contributed by atoms with Crippen molar-refractivity contribution in [3.8, 4) is 0 Å². The highest BCUT2D eigenvalue weighted by atomic mass is 16.7. The molecule has 6 atom stereocenters. The summed E-state index contributed by atoms with van der Waals surface area (Å²) in [4.78, 5) is 30.4. The van der Waals surface area contributed by atoms with Gasteiger partial charge in [0.15, 0.2) is 5.96 Å². The van der Waals surface area contributed by atoms with E-state index in [0.29, 0.717) is 49.6 Å². The van der Waals surface area contributed by atoms with Crippen molar-refractivity contribution in [3.05, 3.63) is 0 Å². The van der Waals surface area contributed by atoms with Crippen molar-refractivity contribution < 1.29 is 18.9 Å². The average Bonchev–Trinajstić information content (AvgIpc) is 3.28. The first-order valence-electron chi connectivity index (χ1n) is 16.1. The predicted molar refractivity (Wildman–Crippen MR) is 165 cm³/mol. The minimum atomic E-state index is -0.697. The number of nitrogens with two attached hydrogens (primary N) is 1. The molecule has 0 spiro atoms. The van der Waals surface area contributed by atoms with Gasteiger partial charge in [-0.3, -0.25) is 9.79 Å². The van der Waals surface area contributed by atoms with E-state index in [1.165, 1.54) is 25.7 Å². The van der Waals surface area contributed by atoms with E-state index < -0.39 is 13.2 Å². The summed E-state index contributed by atoms with van der Waals surface area (Å²) < 4.78 is 13.3. The Kier molecular flexibility index (Phi) is 12.2. The zero-order valence-electron chi connectivity index (χ0n) is 26.7. The molecule has 10 nitrogen and oxygen atoms in total. The Morgan fingerprint density at radius 3 is 2.39 bits per heavy atom. The molecule has 6 N–H and O–H groups in total. The molecule has 0 aromatic rings. The van der Waals surface area contributed by atoms with Crippen molar-refractivity contribution >= 4 is 25.0 Å². The molecule has 1 saturated heterocycles. The van der Waals surface area contributed by atoms with Crippen LogP contribution in [0.4, 0.5) is 4.79 Å². The molecule has 3 amide bonds. The van der Waals surface area contributed by atoms with E-state index in [2.05, 4.69) is 67.8 Å². The van der Waals surface area contributed by atoms with Gasteiger partial charge in [-0.2, -0.15) is 0 Å². The van der Waals surface area contributed by atoms with Crippen molar-refractivity contribution in [1.29, 1.82) is 0 Å². The lowest BCUT2D eigenvalue weighted by Crippen LogP contribution is -2.65. The summed E-state index contributed by atoms with van der Waals surface area (Å²) in [5.41, 5.74) is 5.66. The Labute approximate surface area is 248 Å². The van der Waals surface area contributed by atoms with Gasteiger partial charge in [-0.15, -0.1) is 0 Å². The van der Waals surface area contributed by atoms with E-state index in [9.17, 15) is 9.59 Å². The molecule has 4 rings (SSSR count). The van der Waals surface area contributed by atoms with Gasteiger partial charge in [-0.25, -0.2) is 4.79 Å². The number of hydrogen-bond donors (Lipinski definition) is 5. The summed E-state index contributed by atoms with van der Waals surface area (Å²) in [5, 5.41) is 12.1. The summed E-state index contributed by atoms with van der Waals surface area (Å²) in [6.45, 7) is 14.5. The molecule has 3 saturated carbocycles. The molecule has 1 aliphatic heterocycles. The normalized spacial score (nSPS) is 28.0. The second-order valence-electron chi connectivity index (χ2n) is 13.6. The van der Waals surface area contributed by atoms with Crippen LogP contribution in [0.3, 0.4) is 0 Å². The van der Waals surface area contributed by atoms with Crippen molar-refractivity contribution in [2.75, 3.05) is 20.1 Å². The molecule has 0 radical (unpaired) electrons. The van der Waals surface area contributed by atoms with Gasteiger partial charge in [0, 0.05) is 20.1 Å². The van der Waals surface area contributed by atoms with E-state index in [4.69, 9.17) is 15.0 Å². The fraction of sp³-hybridized carbons (Fsp3) is 0.900. The standard InChI is InChI=1S/C30H57BN6O4/c1-8-9-10-11-12-15-35-28(39)36-22(14-13-16-34-27(32)33-7)26(38)37-25(17-20(2)3)31-40-24-19-21-18-23(29(21,4)5)30(24,6)41-31/h20-25H,8-19H2,1-7H3,(H,37,38)(H3,32,33,34)(H2,35,36,39)/t21-,22-,23-,24+,25-,30-/m0/s1. The Morgan fingerprint density at radius 1 is 1.02 bits per heavy atom. The van der Waals surface area contributed by atoms with E-state index in [1.54, 1.807) is 7.05 Å². The van der Waals surface area contributed by atoms with Crippen LogP contribution in [0.1, 0.15) is 106 Å². The molecule has 4 fully saturated rings. The van der Waals surface area contributed by atoms with Crippen LogP contribution in [-0.2, 0) is 14.1 Å². The van der Waals surface area contributed by atoms with E-state index >= 15 is 0 Å². The fourth-order valence-electron chi connectivity index (χ4n) is 7.11. The highest BCUT2D eigenvalue weighted by molar-refractivity contribution is 6.48. The maximum Gasteiger partial charge on any atom is 0.481 e. The molecular formula is C30H57BN6O4. The fourth-order valence-corrected chi connectivity index (χ4v) is 7.11. The Bertz CT molecular complexity index is 902. The third-order valence-corrected chi connectivity index (χ3v) is 9.75. The van der Waals surface area contributed by atoms with Gasteiger partial charge >= 0.3 is 13.1 Å². The molecule has 3 aliphatic carbocycles. The van der Waals surface area contributed by atoms with Crippen molar-refractivity contribution in [2.24, 2.45) is 33.9 Å². The van der Waals surface area contributed by atoms with Gasteiger partial charge in [0.25, 0.3) is 0 Å². The highest BCUT2D eigenvalue weighted by Gasteiger charge is 2.68. The lowest BCUT2D eigenvalue weighted by atomic mass is 9.43. The number of rotatable bonds is 16. The van der Waals surface area contributed by atoms with Crippen LogP contribution >= 0.6 is 0 Å². The highest BCUT2D eigenvalue weighted by Crippen LogP contribution is 2.65. The molecule has 1 heterocycles. The smallest absolute Gasteiger partial charge is 0.404 e. The quantitative estimate of drug-likeness (QED) is 0.0821. The number of urea groups is 1. The van der Waals surface area contributed by atoms with Crippen LogP contribution in [0.5, 0.6) is 0 Å². The molecule has 11 heteroatoms. The lowest BCUT2D eigenvalue weighted by molar-refractivity contribution is -0.199. The molecule has 0 aromatic heterocycles. The Morgan fingerprint density at radius 2 is 1.73 bits per heavy atom. The second-order valence-corrected chi connectivity index (χ2v) is 13.6. The third-order valence-electron chi connectivity index (χ3n) is 9.75. The first kappa shape index (κ1) is 33.5. The summed E-state index contributed by atoms with van der Waals surface area (Å²) in [6.07, 6.45) is 9.61. The van der Waals surface area contributed by atoms with E-state index in [0.717, 1.165) is 25.7 Å². The van der Waals surface area contributed by atoms with Gasteiger partial charge in [0.2, 0.25) is 5.91 Å². The molecule has 234 valence electrons. The number of unbranched alkanes of at least 4 members (excludes halogenated alkanes) is 4. The van der Waals surface area contributed by atoms with E-state index in [1.807, 2.05) is 0 Å². The zero-order chi connectivity index (χ0) is 30.2. The van der Waals surface area contributed by atoms with Gasteiger partial charge in [-0.1, -0.05) is 60.3 Å². The first-order valence-corrected chi connectivity index (χ1v) is 16.1. The maximum absolute atomic E-state index is 13.7. The molecular weight excluding hydrogens is 519 g/mol. The summed E-state index contributed by atoms with van der Waals surface area (Å²) >= 11 is 0. The maximum atomic E-state index is 13.7. The average molecular weight is 577 g/mol. The topological polar surface area (TPSA) is 139 Å². The van der Waals surface area contributed by atoms with Crippen LogP contribution in [0, 0.1) is 23.2 Å². The van der Waals surface area contributed by atoms with Gasteiger partial charge in [-0.05, 0) is 68.6 Å². The Balaban J connectivity index is 1.63. The monoisotopic (exact) mass is 576 g/mol. The lowest BCUT2D eigenvalue weighted by Gasteiger charge is -2.64. The summed E-state index contributed by atoms with van der Waals surface area (Å²) in [6, 6.07) is -1.02. The van der Waals surface area contributed by atoms with Gasteiger partial charge < -0.3 is 36.3 Å². The number of carbonyl (C=O) groups excluding carboxylic acids is 2. The number of amides is 3. The molecule has 2 bridgehead atoms. The minimum Gasteiger partial charge on any atom is -0.404 e. The molecule has 0 aromatic carbocycles. The molecule has 41 heavy (non-hydrogen) atoms. The Hall–Kier alpha value is -2.01. The number of aliphatic imine (C=N–C) groups is 1. The number of nitrogens with one attached hydrogen (secondary N) is 4. The van der Waals surface area contributed by atoms with E-state index in [-0.39, 0.29) is 35.0 Å². The number of guanidine groups is 1. The van der Waals surface area contributed by atoms with Crippen LogP contribution < -0.4 is 27.0 Å². The number of hydrogen-bond acceptors (Lipinski definition) is 5. The largest absolute Gasteiger partial charge is 0.481 e. The first-order chi connectivity index (χ1) is 19.4.